The molecular formula is C19H23FN2O2. The van der Waals surface area contributed by atoms with E-state index in [4.69, 9.17) is 0 Å². The predicted octanol–water partition coefficient (Wildman–Crippen LogP) is 3.68. The smallest absolute Gasteiger partial charge is 0.196 e. The molecule has 0 aliphatic carbocycles. The van der Waals surface area contributed by atoms with Gasteiger partial charge in [-0.1, -0.05) is 12.1 Å². The normalized spacial score (nSPS) is 12.5. The van der Waals surface area contributed by atoms with Crippen LogP contribution in [0.3, 0.4) is 0 Å². The van der Waals surface area contributed by atoms with Crippen LogP contribution in [0.4, 0.5) is 4.39 Å². The van der Waals surface area contributed by atoms with E-state index in [0.717, 1.165) is 5.56 Å². The van der Waals surface area contributed by atoms with Crippen LogP contribution in [-0.2, 0) is 6.54 Å². The third kappa shape index (κ3) is 3.62. The van der Waals surface area contributed by atoms with Crippen LogP contribution in [-0.4, -0.2) is 34.5 Å². The maximum atomic E-state index is 13.3. The summed E-state index contributed by atoms with van der Waals surface area (Å²) in [5.41, 5.74) is 3.26. The molecule has 0 spiro atoms. The van der Waals surface area contributed by atoms with Gasteiger partial charge < -0.3 is 4.98 Å². The van der Waals surface area contributed by atoms with E-state index in [1.54, 1.807) is 19.9 Å². The summed E-state index contributed by atoms with van der Waals surface area (Å²) in [5.74, 6) is -0.426. The van der Waals surface area contributed by atoms with E-state index < -0.39 is 6.04 Å². The summed E-state index contributed by atoms with van der Waals surface area (Å²) in [4.78, 5) is 29.4. The number of carbonyl (C=O) groups excluding carboxylic acids is 2. The van der Waals surface area contributed by atoms with Gasteiger partial charge in [0.2, 0.25) is 0 Å². The largest absolute Gasteiger partial charge is 0.355 e. The molecule has 1 aromatic carbocycles. The summed E-state index contributed by atoms with van der Waals surface area (Å²) >= 11 is 0. The first kappa shape index (κ1) is 18.1. The van der Waals surface area contributed by atoms with Crippen molar-refractivity contribution in [2.45, 2.75) is 40.3 Å². The van der Waals surface area contributed by atoms with Gasteiger partial charge in [0, 0.05) is 17.8 Å². The third-order valence-corrected chi connectivity index (χ3v) is 4.40. The third-order valence-electron chi connectivity index (χ3n) is 4.40. The molecule has 0 bridgehead atoms. The molecule has 2 rings (SSSR count). The lowest BCUT2D eigenvalue weighted by molar-refractivity contribution is 0.0856. The Balaban J connectivity index is 2.20. The average Bonchev–Trinajstić information content (AvgIpc) is 2.80. The standard InChI is InChI=1S/C19H23FN2O2/c1-11-17(14(4)23)12(2)21-18(11)19(24)13(3)22(5)10-15-7-6-8-16(20)9-15/h6-9,13,21H,10H2,1-5H3/t13-/m1/s1. The number of aryl methyl sites for hydroxylation is 1. The predicted molar refractivity (Wildman–Crippen MR) is 91.9 cm³/mol. The van der Waals surface area contributed by atoms with Crippen LogP contribution in [0.15, 0.2) is 24.3 Å². The Labute approximate surface area is 141 Å². The Morgan fingerprint density at radius 2 is 1.96 bits per heavy atom. The number of nitrogens with one attached hydrogen (secondary N) is 1. The van der Waals surface area contributed by atoms with Gasteiger partial charge in [-0.25, -0.2) is 4.39 Å². The second-order valence-electron chi connectivity index (χ2n) is 6.27. The topological polar surface area (TPSA) is 53.2 Å². The molecule has 0 fully saturated rings. The Hall–Kier alpha value is -2.27. The van der Waals surface area contributed by atoms with Crippen LogP contribution in [0.1, 0.15) is 51.5 Å². The van der Waals surface area contributed by atoms with Gasteiger partial charge in [-0.05, 0) is 58.0 Å². The van der Waals surface area contributed by atoms with Crippen molar-refractivity contribution in [3.8, 4) is 0 Å². The summed E-state index contributed by atoms with van der Waals surface area (Å²) in [6.45, 7) is 7.35. The molecule has 0 aliphatic rings. The van der Waals surface area contributed by atoms with E-state index in [9.17, 15) is 14.0 Å². The molecule has 128 valence electrons. The van der Waals surface area contributed by atoms with Gasteiger partial charge in [-0.15, -0.1) is 0 Å². The van der Waals surface area contributed by atoms with Crippen LogP contribution in [0.5, 0.6) is 0 Å². The number of halogens is 1. The number of aromatic nitrogens is 1. The molecule has 2 aromatic rings. The maximum Gasteiger partial charge on any atom is 0.196 e. The molecule has 0 aliphatic heterocycles. The van der Waals surface area contributed by atoms with Gasteiger partial charge in [0.05, 0.1) is 11.7 Å². The van der Waals surface area contributed by atoms with Crippen molar-refractivity contribution in [1.82, 2.24) is 9.88 Å². The van der Waals surface area contributed by atoms with E-state index in [0.29, 0.717) is 29.1 Å². The first-order valence-corrected chi connectivity index (χ1v) is 7.91. The van der Waals surface area contributed by atoms with Crippen molar-refractivity contribution < 1.29 is 14.0 Å². The number of hydrogen-bond acceptors (Lipinski definition) is 3. The molecule has 1 aromatic heterocycles. The van der Waals surface area contributed by atoms with Gasteiger partial charge >= 0.3 is 0 Å². The summed E-state index contributed by atoms with van der Waals surface area (Å²) in [7, 11) is 1.82. The van der Waals surface area contributed by atoms with Crippen molar-refractivity contribution in [3.05, 3.63) is 58.2 Å². The fraction of sp³-hybridized carbons (Fsp3) is 0.368. The van der Waals surface area contributed by atoms with Crippen molar-refractivity contribution >= 4 is 11.6 Å². The van der Waals surface area contributed by atoms with Gasteiger partial charge in [-0.3, -0.25) is 14.5 Å². The maximum absolute atomic E-state index is 13.3. The van der Waals surface area contributed by atoms with Crippen LogP contribution in [0, 0.1) is 19.7 Å². The number of nitrogens with zero attached hydrogens (tertiary/aromatic N) is 1. The summed E-state index contributed by atoms with van der Waals surface area (Å²) < 4.78 is 13.3. The molecule has 0 saturated heterocycles. The lowest BCUT2D eigenvalue weighted by Gasteiger charge is -2.23. The summed E-state index contributed by atoms with van der Waals surface area (Å²) in [6, 6.07) is 5.94. The molecule has 24 heavy (non-hydrogen) atoms. The van der Waals surface area contributed by atoms with Crippen LogP contribution >= 0.6 is 0 Å². The van der Waals surface area contributed by atoms with Crippen molar-refractivity contribution in [1.29, 1.82) is 0 Å². The minimum atomic E-state index is -0.398. The Morgan fingerprint density at radius 1 is 1.29 bits per heavy atom. The van der Waals surface area contributed by atoms with E-state index in [2.05, 4.69) is 4.98 Å². The van der Waals surface area contributed by atoms with Crippen molar-refractivity contribution in [2.24, 2.45) is 0 Å². The first-order chi connectivity index (χ1) is 11.2. The lowest BCUT2D eigenvalue weighted by atomic mass is 10.0. The Bertz CT molecular complexity index is 780. The number of aromatic amines is 1. The highest BCUT2D eigenvalue weighted by molar-refractivity contribution is 6.05. The number of hydrogen-bond donors (Lipinski definition) is 1. The van der Waals surface area contributed by atoms with Crippen LogP contribution < -0.4 is 0 Å². The molecule has 0 amide bonds. The second kappa shape index (κ2) is 7.09. The highest BCUT2D eigenvalue weighted by atomic mass is 19.1. The number of H-pyrrole nitrogens is 1. The van der Waals surface area contributed by atoms with Crippen LogP contribution in [0.2, 0.25) is 0 Å². The molecule has 0 saturated carbocycles. The van der Waals surface area contributed by atoms with Crippen molar-refractivity contribution in [3.63, 3.8) is 0 Å². The van der Waals surface area contributed by atoms with Gasteiger partial charge in [0.1, 0.15) is 5.82 Å². The lowest BCUT2D eigenvalue weighted by Crippen LogP contribution is -2.36. The van der Waals surface area contributed by atoms with Crippen LogP contribution in [0.25, 0.3) is 0 Å². The highest BCUT2D eigenvalue weighted by Crippen LogP contribution is 2.21. The molecule has 1 heterocycles. The quantitative estimate of drug-likeness (QED) is 0.822. The fourth-order valence-corrected chi connectivity index (χ4v) is 2.99. The molecule has 1 N–H and O–H groups in total. The SMILES string of the molecule is CC(=O)c1c(C)[nH]c(C(=O)[C@@H](C)N(C)Cc2cccc(F)c2)c1C. The second-order valence-corrected chi connectivity index (χ2v) is 6.27. The number of carbonyl (C=O) groups is 2. The number of ketones is 2. The Morgan fingerprint density at radius 3 is 2.50 bits per heavy atom. The van der Waals surface area contributed by atoms with E-state index in [1.165, 1.54) is 19.1 Å². The average molecular weight is 330 g/mol. The Kier molecular flexibility index (Phi) is 5.34. The first-order valence-electron chi connectivity index (χ1n) is 7.91. The number of likely N-dealkylation sites (N-methyl/N-ethyl adjacent to an activating group) is 1. The van der Waals surface area contributed by atoms with Gasteiger partial charge in [-0.2, -0.15) is 0 Å². The van der Waals surface area contributed by atoms with Gasteiger partial charge in [0.25, 0.3) is 0 Å². The monoisotopic (exact) mass is 330 g/mol. The fourth-order valence-electron chi connectivity index (χ4n) is 2.99. The number of Topliss-reactive ketones (excluding diaryl/α,β-unsaturated/α-hetero) is 2. The number of benzene rings is 1. The van der Waals surface area contributed by atoms with E-state index in [-0.39, 0.29) is 17.4 Å². The van der Waals surface area contributed by atoms with E-state index >= 15 is 0 Å². The molecule has 0 radical (unpaired) electrons. The molecule has 1 atom stereocenters. The molecular weight excluding hydrogens is 307 g/mol. The zero-order valence-electron chi connectivity index (χ0n) is 14.7. The van der Waals surface area contributed by atoms with E-state index in [1.807, 2.05) is 24.9 Å². The van der Waals surface area contributed by atoms with Gasteiger partial charge in [0.15, 0.2) is 11.6 Å². The van der Waals surface area contributed by atoms with Crippen molar-refractivity contribution in [2.75, 3.05) is 7.05 Å². The highest BCUT2D eigenvalue weighted by Gasteiger charge is 2.25. The molecule has 4 nitrogen and oxygen atoms in total. The number of rotatable bonds is 6. The molecule has 0 unspecified atom stereocenters. The minimum absolute atomic E-state index is 0.0546. The zero-order chi connectivity index (χ0) is 18.0. The zero-order valence-corrected chi connectivity index (χ0v) is 14.7. The minimum Gasteiger partial charge on any atom is -0.355 e. The summed E-state index contributed by atoms with van der Waals surface area (Å²) in [5, 5.41) is 0. The summed E-state index contributed by atoms with van der Waals surface area (Å²) in [6.07, 6.45) is 0. The molecule has 5 heteroatoms.